The van der Waals surface area contributed by atoms with E-state index in [1.165, 1.54) is 5.56 Å². The second-order valence-corrected chi connectivity index (χ2v) is 5.15. The maximum absolute atomic E-state index is 5.83. The maximum Gasteiger partial charge on any atom is 0.133 e. The normalized spacial score (nSPS) is 23.9. The molecule has 0 spiro atoms. The zero-order valence-corrected chi connectivity index (χ0v) is 11.8. The van der Waals surface area contributed by atoms with Crippen LogP contribution in [0.2, 0.25) is 0 Å². The molecule has 2 unspecified atom stereocenters. The Labute approximate surface area is 111 Å². The summed E-state index contributed by atoms with van der Waals surface area (Å²) in [6.45, 7) is 1.84. The maximum atomic E-state index is 5.83. The summed E-state index contributed by atoms with van der Waals surface area (Å²) in [6.07, 6.45) is 1.32. The number of nitrogens with one attached hydrogen (secondary N) is 1. The van der Waals surface area contributed by atoms with Gasteiger partial charge >= 0.3 is 0 Å². The van der Waals surface area contributed by atoms with Gasteiger partial charge in [0.15, 0.2) is 0 Å². The van der Waals surface area contributed by atoms with Gasteiger partial charge in [-0.1, -0.05) is 6.07 Å². The van der Waals surface area contributed by atoms with Gasteiger partial charge in [-0.25, -0.2) is 0 Å². The highest BCUT2D eigenvalue weighted by Crippen LogP contribution is 2.37. The van der Waals surface area contributed by atoms with E-state index in [2.05, 4.69) is 33.4 Å². The fourth-order valence-electron chi connectivity index (χ4n) is 2.33. The molecular formula is C13H18BrNO2. The second kappa shape index (κ2) is 5.85. The lowest BCUT2D eigenvalue weighted by Crippen LogP contribution is -2.21. The van der Waals surface area contributed by atoms with Crippen molar-refractivity contribution in [3.05, 3.63) is 28.2 Å². The van der Waals surface area contributed by atoms with E-state index in [4.69, 9.17) is 9.47 Å². The van der Waals surface area contributed by atoms with Crippen LogP contribution in [-0.2, 0) is 4.74 Å². The van der Waals surface area contributed by atoms with E-state index in [0.29, 0.717) is 5.92 Å². The molecule has 1 N–H and O–H groups in total. The lowest BCUT2D eigenvalue weighted by molar-refractivity contribution is 0.0909. The van der Waals surface area contributed by atoms with E-state index < -0.39 is 0 Å². The van der Waals surface area contributed by atoms with Crippen molar-refractivity contribution in [2.75, 3.05) is 27.3 Å². The first-order chi connectivity index (χ1) is 8.26. The zero-order chi connectivity index (χ0) is 12.3. The molecule has 0 aliphatic carbocycles. The first kappa shape index (κ1) is 12.9. The van der Waals surface area contributed by atoms with Crippen LogP contribution in [0.15, 0.2) is 22.7 Å². The predicted molar refractivity (Wildman–Crippen MR) is 71.4 cm³/mol. The van der Waals surface area contributed by atoms with Crippen LogP contribution in [0.5, 0.6) is 5.75 Å². The van der Waals surface area contributed by atoms with Crippen LogP contribution in [-0.4, -0.2) is 27.3 Å². The van der Waals surface area contributed by atoms with E-state index in [1.54, 1.807) is 7.11 Å². The minimum atomic E-state index is 0.199. The van der Waals surface area contributed by atoms with Gasteiger partial charge in [-0.2, -0.15) is 0 Å². The number of ether oxygens (including phenoxy) is 2. The Hall–Kier alpha value is -0.580. The summed E-state index contributed by atoms with van der Waals surface area (Å²) in [4.78, 5) is 0. The first-order valence-electron chi connectivity index (χ1n) is 5.86. The molecule has 1 aromatic rings. The number of rotatable bonds is 4. The lowest BCUT2D eigenvalue weighted by Gasteiger charge is -2.19. The lowest BCUT2D eigenvalue weighted by atomic mass is 9.95. The molecule has 4 heteroatoms. The average Bonchev–Trinajstić information content (AvgIpc) is 2.78. The molecule has 1 heterocycles. The van der Waals surface area contributed by atoms with Gasteiger partial charge in [0.25, 0.3) is 0 Å². The van der Waals surface area contributed by atoms with Gasteiger partial charge < -0.3 is 14.8 Å². The third kappa shape index (κ3) is 2.81. The molecule has 1 aromatic carbocycles. The summed E-state index contributed by atoms with van der Waals surface area (Å²) in [6, 6.07) is 6.16. The highest BCUT2D eigenvalue weighted by Gasteiger charge is 2.29. The molecule has 0 bridgehead atoms. The number of hydrogen-bond donors (Lipinski definition) is 1. The molecule has 1 aliphatic rings. The summed E-state index contributed by atoms with van der Waals surface area (Å²) in [5.41, 5.74) is 1.22. The average molecular weight is 300 g/mol. The summed E-state index contributed by atoms with van der Waals surface area (Å²) in [5, 5.41) is 3.23. The van der Waals surface area contributed by atoms with Gasteiger partial charge in [-0.05, 0) is 47.1 Å². The smallest absolute Gasteiger partial charge is 0.133 e. The molecular weight excluding hydrogens is 282 g/mol. The van der Waals surface area contributed by atoms with Gasteiger partial charge in [0.05, 0.1) is 17.7 Å². The molecule has 3 nitrogen and oxygen atoms in total. The van der Waals surface area contributed by atoms with Crippen molar-refractivity contribution >= 4 is 15.9 Å². The Kier molecular flexibility index (Phi) is 4.42. The third-order valence-corrected chi connectivity index (χ3v) is 3.80. The summed E-state index contributed by atoms with van der Waals surface area (Å²) < 4.78 is 12.1. The van der Waals surface area contributed by atoms with Crippen molar-refractivity contribution in [1.29, 1.82) is 0 Å². The Morgan fingerprint density at radius 3 is 3.00 bits per heavy atom. The molecule has 1 aliphatic heterocycles. The van der Waals surface area contributed by atoms with Gasteiger partial charge in [0.2, 0.25) is 0 Å². The Balaban J connectivity index is 2.18. The van der Waals surface area contributed by atoms with E-state index in [0.717, 1.165) is 29.8 Å². The van der Waals surface area contributed by atoms with E-state index in [-0.39, 0.29) is 6.10 Å². The van der Waals surface area contributed by atoms with Crippen molar-refractivity contribution in [2.24, 2.45) is 5.92 Å². The molecule has 0 aromatic heterocycles. The van der Waals surface area contributed by atoms with Crippen molar-refractivity contribution in [3.8, 4) is 5.75 Å². The molecule has 17 heavy (non-hydrogen) atoms. The third-order valence-electron chi connectivity index (χ3n) is 3.18. The van der Waals surface area contributed by atoms with Crippen molar-refractivity contribution in [1.82, 2.24) is 5.32 Å². The van der Waals surface area contributed by atoms with Crippen LogP contribution in [0, 0.1) is 5.92 Å². The topological polar surface area (TPSA) is 30.5 Å². The number of halogens is 1. The summed E-state index contributed by atoms with van der Waals surface area (Å²) in [5.74, 6) is 1.41. The standard InChI is InChI=1S/C13H18BrNO2/c1-15-8-10-5-6-17-13(10)9-3-4-12(16-2)11(14)7-9/h3-4,7,10,13,15H,5-6,8H2,1-2H3. The van der Waals surface area contributed by atoms with E-state index in [1.807, 2.05) is 13.1 Å². The highest BCUT2D eigenvalue weighted by atomic mass is 79.9. The fraction of sp³-hybridized carbons (Fsp3) is 0.538. The molecule has 0 amide bonds. The SMILES string of the molecule is CNCC1CCOC1c1ccc(OC)c(Br)c1. The molecule has 2 rings (SSSR count). The van der Waals surface area contributed by atoms with Crippen molar-refractivity contribution in [2.45, 2.75) is 12.5 Å². The molecule has 1 fully saturated rings. The van der Waals surface area contributed by atoms with Crippen LogP contribution < -0.4 is 10.1 Å². The summed E-state index contributed by atoms with van der Waals surface area (Å²) in [7, 11) is 3.66. The highest BCUT2D eigenvalue weighted by molar-refractivity contribution is 9.10. The van der Waals surface area contributed by atoms with Crippen molar-refractivity contribution < 1.29 is 9.47 Å². The number of hydrogen-bond acceptors (Lipinski definition) is 3. The fourth-order valence-corrected chi connectivity index (χ4v) is 2.89. The number of methoxy groups -OCH3 is 1. The van der Waals surface area contributed by atoms with Crippen LogP contribution in [0.3, 0.4) is 0 Å². The van der Waals surface area contributed by atoms with E-state index >= 15 is 0 Å². The zero-order valence-electron chi connectivity index (χ0n) is 10.2. The van der Waals surface area contributed by atoms with Gasteiger partial charge in [0.1, 0.15) is 5.75 Å². The first-order valence-corrected chi connectivity index (χ1v) is 6.65. The van der Waals surface area contributed by atoms with Crippen LogP contribution in [0.1, 0.15) is 18.1 Å². The Bertz CT molecular complexity index is 384. The predicted octanol–water partition coefficient (Wildman–Crippen LogP) is 2.75. The summed E-state index contributed by atoms with van der Waals surface area (Å²) >= 11 is 3.52. The minimum absolute atomic E-state index is 0.199. The largest absolute Gasteiger partial charge is 0.496 e. The van der Waals surface area contributed by atoms with Gasteiger partial charge in [-0.3, -0.25) is 0 Å². The van der Waals surface area contributed by atoms with Gasteiger partial charge in [-0.15, -0.1) is 0 Å². The van der Waals surface area contributed by atoms with Crippen LogP contribution in [0.25, 0.3) is 0 Å². The quantitative estimate of drug-likeness (QED) is 0.927. The molecule has 0 saturated carbocycles. The Morgan fingerprint density at radius 2 is 2.35 bits per heavy atom. The molecule has 94 valence electrons. The van der Waals surface area contributed by atoms with Crippen LogP contribution in [0.4, 0.5) is 0 Å². The van der Waals surface area contributed by atoms with Gasteiger partial charge in [0, 0.05) is 19.1 Å². The second-order valence-electron chi connectivity index (χ2n) is 4.29. The van der Waals surface area contributed by atoms with Crippen LogP contribution >= 0.6 is 15.9 Å². The number of benzene rings is 1. The van der Waals surface area contributed by atoms with E-state index in [9.17, 15) is 0 Å². The molecule has 2 atom stereocenters. The monoisotopic (exact) mass is 299 g/mol. The minimum Gasteiger partial charge on any atom is -0.496 e. The Morgan fingerprint density at radius 1 is 1.53 bits per heavy atom. The molecule has 0 radical (unpaired) electrons. The molecule has 1 saturated heterocycles. The van der Waals surface area contributed by atoms with Crippen molar-refractivity contribution in [3.63, 3.8) is 0 Å².